The van der Waals surface area contributed by atoms with Crippen LogP contribution in [0, 0.1) is 5.82 Å². The van der Waals surface area contributed by atoms with Gasteiger partial charge in [0.05, 0.1) is 78.5 Å². The van der Waals surface area contributed by atoms with Crippen molar-refractivity contribution in [2.75, 3.05) is 0 Å². The zero-order chi connectivity index (χ0) is 49.5. The number of hydrogen-bond donors (Lipinski definition) is 0. The number of nitrogens with zero attached hydrogens (tertiary/aromatic N) is 4. The molecule has 0 N–H and O–H groups in total. The lowest BCUT2D eigenvalue weighted by Gasteiger charge is -2.68. The molecule has 0 unspecified atom stereocenters. The molecule has 0 fully saturated rings. The van der Waals surface area contributed by atoms with Gasteiger partial charge < -0.3 is 14.4 Å². The number of fused-ring (bicyclic) bond motifs is 1. The van der Waals surface area contributed by atoms with Gasteiger partial charge in [-0.3, -0.25) is 9.59 Å². The average Bonchev–Trinajstić information content (AvgIpc) is 3.64. The van der Waals surface area contributed by atoms with Crippen molar-refractivity contribution in [3.63, 3.8) is 0 Å². The van der Waals surface area contributed by atoms with Crippen molar-refractivity contribution in [2.24, 2.45) is 0 Å². The smallest absolute Gasteiger partial charge is 0.360 e. The summed E-state index contributed by atoms with van der Waals surface area (Å²) in [4.78, 5) is 33.9. The van der Waals surface area contributed by atoms with Crippen LogP contribution in [0.4, 0.5) is 17.6 Å². The van der Waals surface area contributed by atoms with Gasteiger partial charge in [0.2, 0.25) is 5.91 Å². The van der Waals surface area contributed by atoms with Crippen molar-refractivity contribution in [1.29, 1.82) is 0 Å². The normalized spacial score (nSPS) is 13.8. The summed E-state index contributed by atoms with van der Waals surface area (Å²) < 4.78 is 57.2. The number of carbonyl (C=O) groups excluding carboxylic acids is 1. The number of alkyl halides is 3. The van der Waals surface area contributed by atoms with E-state index in [-0.39, 0.29) is 10.9 Å². The fraction of sp³-hybridized carbons (Fsp3) is 0.361. The highest BCUT2D eigenvalue weighted by molar-refractivity contribution is 7.98. The first-order valence-electron chi connectivity index (χ1n) is 19.1. The van der Waals surface area contributed by atoms with Crippen molar-refractivity contribution in [2.45, 2.75) is 83.4 Å². The molecule has 1 heterocycles. The SMILES string of the molecule is [B]c1c([B])c(C(F)(F)F)c([B])c([B])c1-c1c([B])c([B])c(C([B])([B])N(C(=O)Cn2c(SCc3ccc(F)cc3)nc(=O)c3c2CCC3)C([B])([B])C([B])([B])N(C([B])([B])C)C([B])([B])C)c([B])c1[B]. The molecule has 0 bridgehead atoms. The van der Waals surface area contributed by atoms with Crippen molar-refractivity contribution in [1.82, 2.24) is 19.4 Å². The average molecular weight is 843 g/mol. The maximum Gasteiger partial charge on any atom is 0.415 e. The molecule has 0 saturated heterocycles. The predicted octanol–water partition coefficient (Wildman–Crippen LogP) is -7.52. The van der Waals surface area contributed by atoms with Gasteiger partial charge in [-0.2, -0.15) is 18.2 Å². The van der Waals surface area contributed by atoms with E-state index < -0.39 is 123 Å². The van der Waals surface area contributed by atoms with Gasteiger partial charge in [0.15, 0.2) is 5.16 Å². The molecule has 1 aliphatic carbocycles. The third-order valence-electron chi connectivity index (χ3n) is 11.0. The molecule has 65 heavy (non-hydrogen) atoms. The molecule has 0 atom stereocenters. The molecular formula is C36H20B18F4N4O2S. The summed E-state index contributed by atoms with van der Waals surface area (Å²) >= 11 is 1.02. The van der Waals surface area contributed by atoms with Crippen LogP contribution in [0.5, 0.6) is 0 Å². The van der Waals surface area contributed by atoms with Gasteiger partial charge in [-0.05, 0) is 64.1 Å². The van der Waals surface area contributed by atoms with Crippen LogP contribution in [0.15, 0.2) is 34.2 Å². The molecule has 284 valence electrons. The largest absolute Gasteiger partial charge is 0.415 e. The van der Waals surface area contributed by atoms with Crippen molar-refractivity contribution < 1.29 is 22.4 Å². The Hall–Kier alpha value is -2.79. The van der Waals surface area contributed by atoms with Crippen molar-refractivity contribution in [3.05, 3.63) is 68.4 Å². The second-order valence-corrected chi connectivity index (χ2v) is 17.2. The second-order valence-electron chi connectivity index (χ2n) is 16.3. The lowest BCUT2D eigenvalue weighted by atomic mass is 9.32. The zero-order valence-electron chi connectivity index (χ0n) is 35.3. The Kier molecular flexibility index (Phi) is 14.9. The fourth-order valence-corrected chi connectivity index (χ4v) is 9.20. The van der Waals surface area contributed by atoms with E-state index in [0.29, 0.717) is 45.9 Å². The van der Waals surface area contributed by atoms with E-state index in [4.69, 9.17) is 141 Å². The number of halogens is 4. The summed E-state index contributed by atoms with van der Waals surface area (Å²) in [6.07, 6.45) is -4.02. The molecule has 0 saturated carbocycles. The van der Waals surface area contributed by atoms with E-state index >= 15 is 4.79 Å². The standard InChI is InChI=1S/C36H20B18F4N4O2S/c1-31(45,46)62(32(2,47)48)36(53,54)35(51,52)61(16(63)10-60-15-5-3-4-14(15)29(64)59-30(60)65-11-12-6-8-13(55)9-7-12)33(49,50)19-25(41)21(37)17(22(38)26(19)42)18-23(39)27(43)20(34(56,57)58)28(44)24(18)40/h6-9H,3-5,10-11H2,1-2H3. The van der Waals surface area contributed by atoms with Gasteiger partial charge >= 0.3 is 6.18 Å². The van der Waals surface area contributed by atoms with Crippen LogP contribution in [0.1, 0.15) is 48.2 Å². The Balaban J connectivity index is 1.80. The van der Waals surface area contributed by atoms with Gasteiger partial charge in [0.1, 0.15) is 75.1 Å². The highest BCUT2D eigenvalue weighted by Crippen LogP contribution is 2.38. The van der Waals surface area contributed by atoms with Crippen LogP contribution in [0.3, 0.4) is 0 Å². The Morgan fingerprint density at radius 1 is 0.692 bits per heavy atom. The highest BCUT2D eigenvalue weighted by atomic mass is 32.2. The first-order chi connectivity index (χ1) is 29.5. The lowest BCUT2D eigenvalue weighted by Crippen LogP contribution is -2.83. The predicted molar refractivity (Wildman–Crippen MR) is 267 cm³/mol. The number of rotatable bonds is 13. The van der Waals surface area contributed by atoms with Gasteiger partial charge in [-0.15, -0.1) is 0 Å². The number of amides is 1. The van der Waals surface area contributed by atoms with Gasteiger partial charge in [-0.1, -0.05) is 97.7 Å². The lowest BCUT2D eigenvalue weighted by molar-refractivity contribution is -0.138. The number of aromatic nitrogens is 2. The number of carbonyl (C=O) groups is 1. The molecule has 36 radical (unpaired) electrons. The Labute approximate surface area is 405 Å². The van der Waals surface area contributed by atoms with Gasteiger partial charge in [0, 0.05) is 22.6 Å². The summed E-state index contributed by atoms with van der Waals surface area (Å²) in [5.41, 5.74) is -8.71. The molecule has 29 heteroatoms. The van der Waals surface area contributed by atoms with E-state index in [1.807, 2.05) is 0 Å². The molecule has 3 aromatic carbocycles. The minimum Gasteiger partial charge on any atom is -0.360 e. The molecule has 4 aromatic rings. The van der Waals surface area contributed by atoms with Crippen molar-refractivity contribution >= 4 is 203 Å². The van der Waals surface area contributed by atoms with Crippen LogP contribution in [-0.4, -0.2) is 188 Å². The van der Waals surface area contributed by atoms with Crippen molar-refractivity contribution in [3.8, 4) is 11.1 Å². The molecule has 5 rings (SSSR count). The summed E-state index contributed by atoms with van der Waals surface area (Å²) in [6, 6.07) is 5.51. The van der Waals surface area contributed by atoms with Gasteiger partial charge in [-0.25, -0.2) is 4.39 Å². The molecule has 0 spiro atoms. The van der Waals surface area contributed by atoms with E-state index in [1.54, 1.807) is 0 Å². The second kappa shape index (κ2) is 18.3. The Morgan fingerprint density at radius 2 is 1.14 bits per heavy atom. The summed E-state index contributed by atoms with van der Waals surface area (Å²) in [5, 5.41) is -13.6. The molecule has 1 amide bonds. The zero-order valence-corrected chi connectivity index (χ0v) is 36.1. The monoisotopic (exact) mass is 846 g/mol. The molecule has 6 nitrogen and oxygen atoms in total. The third-order valence-corrected chi connectivity index (χ3v) is 12.0. The van der Waals surface area contributed by atoms with Crippen LogP contribution < -0.4 is 49.3 Å². The molecule has 1 aromatic heterocycles. The van der Waals surface area contributed by atoms with Crippen LogP contribution in [-0.2, 0) is 41.4 Å². The van der Waals surface area contributed by atoms with Crippen LogP contribution >= 0.6 is 11.8 Å². The molecule has 0 aliphatic heterocycles. The van der Waals surface area contributed by atoms with E-state index in [1.165, 1.54) is 28.8 Å². The molecular weight excluding hydrogens is 823 g/mol. The highest BCUT2D eigenvalue weighted by Gasteiger charge is 2.54. The third kappa shape index (κ3) is 9.64. The first-order valence-corrected chi connectivity index (χ1v) is 20.1. The van der Waals surface area contributed by atoms with E-state index in [0.717, 1.165) is 25.6 Å². The summed E-state index contributed by atoms with van der Waals surface area (Å²) in [6.45, 7) is 1.50. The summed E-state index contributed by atoms with van der Waals surface area (Å²) in [5.74, 6) is -1.57. The number of hydrogen-bond acceptors (Lipinski definition) is 5. The quantitative estimate of drug-likeness (QED) is 0.0581. The first kappa shape index (κ1) is 53.2. The minimum atomic E-state index is -5.11. The fourth-order valence-electron chi connectivity index (χ4n) is 8.23. The topological polar surface area (TPSA) is 58.4 Å². The Morgan fingerprint density at radius 3 is 1.57 bits per heavy atom. The summed E-state index contributed by atoms with van der Waals surface area (Å²) in [7, 11) is 116. The van der Waals surface area contributed by atoms with E-state index in [9.17, 15) is 22.4 Å². The van der Waals surface area contributed by atoms with E-state index in [2.05, 4.69) is 4.98 Å². The van der Waals surface area contributed by atoms with Crippen LogP contribution in [0.2, 0.25) is 0 Å². The van der Waals surface area contributed by atoms with Crippen LogP contribution in [0.25, 0.3) is 11.1 Å². The van der Waals surface area contributed by atoms with Gasteiger partial charge in [0.25, 0.3) is 5.56 Å². The molecule has 1 aliphatic rings. The number of benzene rings is 3. The maximum atomic E-state index is 15.3. The Bertz CT molecular complexity index is 2550. The number of thioether (sulfide) groups is 1. The maximum absolute atomic E-state index is 15.3. The minimum absolute atomic E-state index is 0.0102.